The van der Waals surface area contributed by atoms with E-state index in [0.29, 0.717) is 17.2 Å². The van der Waals surface area contributed by atoms with Crippen LogP contribution in [0.3, 0.4) is 0 Å². The molecule has 0 aromatic heterocycles. The summed E-state index contributed by atoms with van der Waals surface area (Å²) in [4.78, 5) is 30.4. The Morgan fingerprint density at radius 2 is 1.91 bits per heavy atom. The summed E-state index contributed by atoms with van der Waals surface area (Å²) in [5, 5.41) is 0.531. The summed E-state index contributed by atoms with van der Waals surface area (Å²) in [6.45, 7) is 3.33. The van der Waals surface area contributed by atoms with E-state index in [1.807, 2.05) is 6.92 Å². The van der Waals surface area contributed by atoms with Gasteiger partial charge in [-0.15, -0.1) is 0 Å². The van der Waals surface area contributed by atoms with Crippen molar-refractivity contribution in [2.75, 3.05) is 0 Å². The average molecular weight is 351 g/mol. The highest BCUT2D eigenvalue weighted by Gasteiger charge is 2.33. The van der Waals surface area contributed by atoms with Crippen LogP contribution in [0.25, 0.3) is 0 Å². The van der Waals surface area contributed by atoms with Gasteiger partial charge in [0.1, 0.15) is 5.75 Å². The molecule has 2 atom stereocenters. The van der Waals surface area contributed by atoms with Crippen LogP contribution < -0.4 is 4.74 Å². The second-order valence-electron chi connectivity index (χ2n) is 4.84. The zero-order valence-corrected chi connectivity index (χ0v) is 14.1. The number of rotatable bonds is 8. The van der Waals surface area contributed by atoms with Crippen molar-refractivity contribution in [2.24, 2.45) is 0 Å². The van der Waals surface area contributed by atoms with E-state index < -0.39 is 25.5 Å². The Morgan fingerprint density at radius 1 is 1.32 bits per heavy atom. The van der Waals surface area contributed by atoms with E-state index in [1.54, 1.807) is 24.3 Å². The highest BCUT2D eigenvalue weighted by Crippen LogP contribution is 2.44. The van der Waals surface area contributed by atoms with Gasteiger partial charge in [-0.1, -0.05) is 24.9 Å². The monoisotopic (exact) mass is 350 g/mol. The number of esters is 1. The van der Waals surface area contributed by atoms with Crippen molar-refractivity contribution in [2.45, 2.75) is 45.1 Å². The Morgan fingerprint density at radius 3 is 2.41 bits per heavy atom. The lowest BCUT2D eigenvalue weighted by atomic mass is 10.2. The maximum absolute atomic E-state index is 11.9. The van der Waals surface area contributed by atoms with Gasteiger partial charge in [0.15, 0.2) is 6.10 Å². The molecule has 2 N–H and O–H groups in total. The molecule has 0 fully saturated rings. The van der Waals surface area contributed by atoms with E-state index >= 15 is 0 Å². The van der Waals surface area contributed by atoms with Gasteiger partial charge < -0.3 is 19.3 Å². The van der Waals surface area contributed by atoms with Gasteiger partial charge in [-0.3, -0.25) is 4.57 Å². The van der Waals surface area contributed by atoms with Gasteiger partial charge in [-0.25, -0.2) is 4.79 Å². The predicted molar refractivity (Wildman–Crippen MR) is 83.0 cm³/mol. The van der Waals surface area contributed by atoms with Crippen molar-refractivity contribution >= 4 is 25.2 Å². The van der Waals surface area contributed by atoms with E-state index in [0.717, 1.165) is 6.42 Å². The molecule has 6 nitrogen and oxygen atoms in total. The molecule has 0 aliphatic rings. The minimum atomic E-state index is -4.50. The van der Waals surface area contributed by atoms with Crippen molar-refractivity contribution in [1.29, 1.82) is 0 Å². The molecule has 0 spiro atoms. The van der Waals surface area contributed by atoms with E-state index in [1.165, 1.54) is 6.92 Å². The second-order valence-corrected chi connectivity index (χ2v) is 7.03. The Bertz CT molecular complexity index is 527. The van der Waals surface area contributed by atoms with Crippen LogP contribution in [0, 0.1) is 0 Å². The lowest BCUT2D eigenvalue weighted by Crippen LogP contribution is -2.30. The first-order valence-electron chi connectivity index (χ1n) is 6.92. The lowest BCUT2D eigenvalue weighted by molar-refractivity contribution is -0.154. The van der Waals surface area contributed by atoms with E-state index in [2.05, 4.69) is 0 Å². The molecule has 0 saturated carbocycles. The summed E-state index contributed by atoms with van der Waals surface area (Å²) in [6.07, 6.45) is 0.414. The van der Waals surface area contributed by atoms with Crippen molar-refractivity contribution in [1.82, 2.24) is 0 Å². The summed E-state index contributed by atoms with van der Waals surface area (Å²) in [7, 11) is -4.50. The quantitative estimate of drug-likeness (QED) is 0.551. The number of carbonyl (C=O) groups is 1. The van der Waals surface area contributed by atoms with Gasteiger partial charge in [-0.2, -0.15) is 0 Å². The van der Waals surface area contributed by atoms with E-state index in [9.17, 15) is 19.1 Å². The summed E-state index contributed by atoms with van der Waals surface area (Å²) in [5.41, 5.74) is 0. The first-order chi connectivity index (χ1) is 10.2. The normalized spacial score (nSPS) is 14.2. The molecule has 0 radical (unpaired) electrons. The topological polar surface area (TPSA) is 93.1 Å². The van der Waals surface area contributed by atoms with Crippen LogP contribution in [0.5, 0.6) is 5.75 Å². The number of hydrogen-bond donors (Lipinski definition) is 2. The van der Waals surface area contributed by atoms with Gasteiger partial charge in [-0.05, 0) is 44.0 Å². The van der Waals surface area contributed by atoms with Gasteiger partial charge in [0.2, 0.25) is 5.85 Å². The number of ether oxygens (including phenoxy) is 2. The largest absolute Gasteiger partial charge is 0.479 e. The molecular formula is C14H20ClO6P. The van der Waals surface area contributed by atoms with Gasteiger partial charge in [0.05, 0.1) is 0 Å². The van der Waals surface area contributed by atoms with Crippen molar-refractivity contribution in [3.63, 3.8) is 0 Å². The summed E-state index contributed by atoms with van der Waals surface area (Å²) < 4.78 is 21.6. The molecule has 0 amide bonds. The molecule has 124 valence electrons. The van der Waals surface area contributed by atoms with Crippen LogP contribution in [-0.4, -0.2) is 27.7 Å². The standard InChI is InChI=1S/C14H20ClO6P/c1-3-4-5-13(22(17,18)19)21-14(16)10(2)20-12-8-6-11(15)7-9-12/h6-10,13H,3-5H2,1-2H3,(H2,17,18,19). The van der Waals surface area contributed by atoms with Gasteiger partial charge >= 0.3 is 13.6 Å². The Hall–Kier alpha value is -1.07. The van der Waals surface area contributed by atoms with Gasteiger partial charge in [0, 0.05) is 5.02 Å². The maximum atomic E-state index is 11.9. The van der Waals surface area contributed by atoms with Crippen molar-refractivity contribution in [3.8, 4) is 5.75 Å². The van der Waals surface area contributed by atoms with E-state index in [-0.39, 0.29) is 6.42 Å². The van der Waals surface area contributed by atoms with E-state index in [4.69, 9.17) is 21.1 Å². The lowest BCUT2D eigenvalue weighted by Gasteiger charge is -2.21. The molecular weight excluding hydrogens is 331 g/mol. The van der Waals surface area contributed by atoms with Crippen LogP contribution in [0.4, 0.5) is 0 Å². The second kappa shape index (κ2) is 8.53. The molecule has 22 heavy (non-hydrogen) atoms. The number of benzene rings is 1. The molecule has 1 aromatic carbocycles. The molecule has 8 heteroatoms. The van der Waals surface area contributed by atoms with Gasteiger partial charge in [0.25, 0.3) is 0 Å². The molecule has 1 rings (SSSR count). The Labute approximate surface area is 134 Å². The van der Waals surface area contributed by atoms with Crippen LogP contribution in [0.2, 0.25) is 5.02 Å². The number of unbranched alkanes of at least 4 members (excludes halogenated alkanes) is 1. The maximum Gasteiger partial charge on any atom is 0.365 e. The smallest absolute Gasteiger partial charge is 0.365 e. The molecule has 0 aliphatic heterocycles. The van der Waals surface area contributed by atoms with Crippen LogP contribution in [0.15, 0.2) is 24.3 Å². The fraction of sp³-hybridized carbons (Fsp3) is 0.500. The highest BCUT2D eigenvalue weighted by molar-refractivity contribution is 7.52. The Kier molecular flexibility index (Phi) is 7.36. The van der Waals surface area contributed by atoms with Crippen molar-refractivity contribution in [3.05, 3.63) is 29.3 Å². The first kappa shape index (κ1) is 19.0. The van der Waals surface area contributed by atoms with Crippen LogP contribution in [0.1, 0.15) is 33.1 Å². The Balaban J connectivity index is 2.64. The fourth-order valence-electron chi connectivity index (χ4n) is 1.67. The number of carbonyl (C=O) groups excluding carboxylic acids is 1. The third-order valence-electron chi connectivity index (χ3n) is 2.89. The summed E-state index contributed by atoms with van der Waals surface area (Å²) in [5.74, 6) is -1.84. The number of halogens is 1. The number of hydrogen-bond acceptors (Lipinski definition) is 4. The predicted octanol–water partition coefficient (Wildman–Crippen LogP) is 3.34. The third kappa shape index (κ3) is 6.36. The fourth-order valence-corrected chi connectivity index (χ4v) is 2.56. The molecule has 1 aromatic rings. The molecule has 0 bridgehead atoms. The molecule has 0 aliphatic carbocycles. The third-order valence-corrected chi connectivity index (χ3v) is 4.26. The summed E-state index contributed by atoms with van der Waals surface area (Å²) >= 11 is 5.74. The highest BCUT2D eigenvalue weighted by atomic mass is 35.5. The van der Waals surface area contributed by atoms with Crippen LogP contribution in [-0.2, 0) is 14.1 Å². The first-order valence-corrected chi connectivity index (χ1v) is 8.98. The minimum Gasteiger partial charge on any atom is -0.479 e. The SMILES string of the molecule is CCCCC(OC(=O)C(C)Oc1ccc(Cl)cc1)P(=O)(O)O. The van der Waals surface area contributed by atoms with Crippen molar-refractivity contribution < 1.29 is 28.6 Å². The average Bonchev–Trinajstić information content (AvgIpc) is 2.44. The molecule has 0 heterocycles. The van der Waals surface area contributed by atoms with Crippen LogP contribution >= 0.6 is 19.2 Å². The zero-order chi connectivity index (χ0) is 16.8. The molecule has 2 unspecified atom stereocenters. The zero-order valence-electron chi connectivity index (χ0n) is 12.4. The minimum absolute atomic E-state index is 0.111. The molecule has 0 saturated heterocycles. The summed E-state index contributed by atoms with van der Waals surface area (Å²) in [6, 6.07) is 6.39.